The molecule has 138 valence electrons. The Kier molecular flexibility index (Phi) is 4.52. The van der Waals surface area contributed by atoms with Crippen LogP contribution in [0.4, 0.5) is 0 Å². The molecule has 25 heavy (non-hydrogen) atoms. The quantitative estimate of drug-likeness (QED) is 0.836. The molecule has 0 radical (unpaired) electrons. The van der Waals surface area contributed by atoms with Gasteiger partial charge in [-0.25, -0.2) is 4.68 Å². The molecule has 3 heterocycles. The summed E-state index contributed by atoms with van der Waals surface area (Å²) in [5.74, 6) is 1.74. The number of hydrogen-bond donors (Lipinski definition) is 1. The van der Waals surface area contributed by atoms with E-state index in [1.54, 1.807) is 0 Å². The molecule has 0 bridgehead atoms. The Morgan fingerprint density at radius 1 is 1.00 bits per heavy atom. The van der Waals surface area contributed by atoms with Crippen molar-refractivity contribution in [1.82, 2.24) is 15.0 Å². The molecule has 0 amide bonds. The molecule has 6 heteroatoms. The molecule has 2 aliphatic heterocycles. The van der Waals surface area contributed by atoms with Crippen LogP contribution in [0.25, 0.3) is 0 Å². The summed E-state index contributed by atoms with van der Waals surface area (Å²) in [6.07, 6.45) is 13.3. The van der Waals surface area contributed by atoms with E-state index in [9.17, 15) is 0 Å². The van der Waals surface area contributed by atoms with Crippen LogP contribution < -0.4 is 5.32 Å². The Hall–Kier alpha value is -0.980. The molecule has 2 saturated carbocycles. The predicted octanol–water partition coefficient (Wildman–Crippen LogP) is 1.08. The van der Waals surface area contributed by atoms with Gasteiger partial charge in [-0.05, 0) is 25.2 Å². The molecule has 1 aromatic heterocycles. The molecule has 4 atom stereocenters. The third kappa shape index (κ3) is 3.49. The van der Waals surface area contributed by atoms with E-state index in [1.165, 1.54) is 51.5 Å². The SMILES string of the molecule is c1c(CC2CCCCC2)nnn1[C@H]1CO[C@H]2[C@@H]1OC[C@@H]2[NH2+]CC1CC1. The summed E-state index contributed by atoms with van der Waals surface area (Å²) in [5, 5.41) is 11.3. The molecule has 6 nitrogen and oxygen atoms in total. The second kappa shape index (κ2) is 6.97. The maximum Gasteiger partial charge on any atom is 0.140 e. The Morgan fingerprint density at radius 3 is 2.68 bits per heavy atom. The monoisotopic (exact) mass is 347 g/mol. The molecule has 2 aliphatic carbocycles. The number of nitrogens with zero attached hydrogens (tertiary/aromatic N) is 3. The fourth-order valence-electron chi connectivity index (χ4n) is 4.91. The van der Waals surface area contributed by atoms with Crippen molar-refractivity contribution < 1.29 is 14.8 Å². The van der Waals surface area contributed by atoms with Crippen LogP contribution in [0.2, 0.25) is 0 Å². The molecule has 0 unspecified atom stereocenters. The average Bonchev–Trinajstić information content (AvgIpc) is 3.03. The summed E-state index contributed by atoms with van der Waals surface area (Å²) in [6.45, 7) is 2.75. The van der Waals surface area contributed by atoms with Gasteiger partial charge in [-0.15, -0.1) is 5.10 Å². The highest BCUT2D eigenvalue weighted by molar-refractivity contribution is 5.01. The highest BCUT2D eigenvalue weighted by Crippen LogP contribution is 2.34. The molecule has 0 aromatic carbocycles. The normalized spacial score (nSPS) is 36.0. The first-order chi connectivity index (χ1) is 12.4. The van der Waals surface area contributed by atoms with E-state index in [2.05, 4.69) is 21.8 Å². The van der Waals surface area contributed by atoms with Crippen LogP contribution in [0.5, 0.6) is 0 Å². The van der Waals surface area contributed by atoms with Crippen LogP contribution >= 0.6 is 0 Å². The first-order valence-electron chi connectivity index (χ1n) is 10.3. The molecule has 2 N–H and O–H groups in total. The standard InChI is InChI=1S/C19H30N4O2/c1-2-4-13(5-3-1)8-15-10-23(22-21-15)17-12-25-18-16(11-24-19(17)18)20-9-14-6-7-14/h10,13-14,16-20H,1-9,11-12H2/p+1/t16-,17-,18+,19+/m0/s1. The molecular formula is C19H31N4O2+. The lowest BCUT2D eigenvalue weighted by atomic mass is 9.86. The van der Waals surface area contributed by atoms with E-state index in [0.29, 0.717) is 12.6 Å². The number of ether oxygens (including phenoxy) is 2. The zero-order valence-electron chi connectivity index (χ0n) is 15.1. The molecule has 0 spiro atoms. The summed E-state index contributed by atoms with van der Waals surface area (Å²) in [4.78, 5) is 0. The molecular weight excluding hydrogens is 316 g/mol. The van der Waals surface area contributed by atoms with Crippen LogP contribution in [0.3, 0.4) is 0 Å². The van der Waals surface area contributed by atoms with Crippen molar-refractivity contribution in [2.45, 2.75) is 75.7 Å². The molecule has 1 aromatic rings. The van der Waals surface area contributed by atoms with Gasteiger partial charge >= 0.3 is 0 Å². The van der Waals surface area contributed by atoms with Gasteiger partial charge in [0.1, 0.15) is 30.9 Å². The van der Waals surface area contributed by atoms with Gasteiger partial charge in [0.15, 0.2) is 0 Å². The van der Waals surface area contributed by atoms with Crippen molar-refractivity contribution >= 4 is 0 Å². The minimum atomic E-state index is 0.143. The minimum Gasteiger partial charge on any atom is -0.367 e. The largest absolute Gasteiger partial charge is 0.367 e. The van der Waals surface area contributed by atoms with Gasteiger partial charge in [-0.1, -0.05) is 37.3 Å². The summed E-state index contributed by atoms with van der Waals surface area (Å²) in [5.41, 5.74) is 1.14. The highest BCUT2D eigenvalue weighted by Gasteiger charge is 2.51. The summed E-state index contributed by atoms with van der Waals surface area (Å²) in [6, 6.07) is 0.651. The van der Waals surface area contributed by atoms with Gasteiger partial charge in [-0.2, -0.15) is 0 Å². The number of aromatic nitrogens is 3. The van der Waals surface area contributed by atoms with E-state index < -0.39 is 0 Å². The smallest absolute Gasteiger partial charge is 0.140 e. The second-order valence-electron chi connectivity index (χ2n) is 8.64. The summed E-state index contributed by atoms with van der Waals surface area (Å²) >= 11 is 0. The molecule has 2 saturated heterocycles. The Balaban J connectivity index is 1.19. The van der Waals surface area contributed by atoms with E-state index >= 15 is 0 Å². The maximum atomic E-state index is 6.12. The van der Waals surface area contributed by atoms with Gasteiger partial charge < -0.3 is 14.8 Å². The lowest BCUT2D eigenvalue weighted by molar-refractivity contribution is -0.695. The average molecular weight is 347 g/mol. The Labute approximate surface area is 149 Å². The molecule has 5 rings (SSSR count). The van der Waals surface area contributed by atoms with Crippen molar-refractivity contribution in [2.24, 2.45) is 11.8 Å². The fraction of sp³-hybridized carbons (Fsp3) is 0.895. The highest BCUT2D eigenvalue weighted by atomic mass is 16.6. The number of fused-ring (bicyclic) bond motifs is 1. The van der Waals surface area contributed by atoms with Crippen LogP contribution in [-0.4, -0.2) is 53.0 Å². The first kappa shape index (κ1) is 16.2. The molecule has 4 fully saturated rings. The van der Waals surface area contributed by atoms with Crippen molar-refractivity contribution in [3.05, 3.63) is 11.9 Å². The van der Waals surface area contributed by atoms with Crippen molar-refractivity contribution in [3.63, 3.8) is 0 Å². The predicted molar refractivity (Wildman–Crippen MR) is 92.1 cm³/mol. The topological polar surface area (TPSA) is 65.8 Å². The number of rotatable bonds is 6. The Bertz CT molecular complexity index is 582. The Morgan fingerprint density at radius 2 is 1.84 bits per heavy atom. The third-order valence-corrected chi connectivity index (χ3v) is 6.65. The number of quaternary nitrogens is 1. The number of nitrogens with two attached hydrogens (primary N) is 1. The van der Waals surface area contributed by atoms with Crippen molar-refractivity contribution in [1.29, 1.82) is 0 Å². The van der Waals surface area contributed by atoms with Gasteiger partial charge in [0.05, 0.1) is 18.8 Å². The van der Waals surface area contributed by atoms with Gasteiger partial charge in [-0.3, -0.25) is 0 Å². The summed E-state index contributed by atoms with van der Waals surface area (Å²) < 4.78 is 14.3. The zero-order chi connectivity index (χ0) is 16.6. The zero-order valence-corrected chi connectivity index (χ0v) is 15.1. The minimum absolute atomic E-state index is 0.143. The van der Waals surface area contributed by atoms with Crippen LogP contribution in [-0.2, 0) is 15.9 Å². The fourth-order valence-corrected chi connectivity index (χ4v) is 4.91. The first-order valence-corrected chi connectivity index (χ1v) is 10.3. The van der Waals surface area contributed by atoms with Crippen LogP contribution in [0, 0.1) is 11.8 Å². The maximum absolute atomic E-state index is 6.12. The summed E-state index contributed by atoms with van der Waals surface area (Å²) in [7, 11) is 0. The lowest BCUT2D eigenvalue weighted by Gasteiger charge is -2.20. The van der Waals surface area contributed by atoms with Crippen molar-refractivity contribution in [2.75, 3.05) is 19.8 Å². The second-order valence-corrected chi connectivity index (χ2v) is 8.64. The van der Waals surface area contributed by atoms with E-state index in [0.717, 1.165) is 30.6 Å². The van der Waals surface area contributed by atoms with Gasteiger partial charge in [0, 0.05) is 12.1 Å². The lowest BCUT2D eigenvalue weighted by Crippen LogP contribution is -2.93. The van der Waals surface area contributed by atoms with E-state index in [1.807, 2.05) is 4.68 Å². The van der Waals surface area contributed by atoms with Crippen LogP contribution in [0.15, 0.2) is 6.20 Å². The van der Waals surface area contributed by atoms with Gasteiger partial charge in [0.2, 0.25) is 0 Å². The van der Waals surface area contributed by atoms with E-state index in [4.69, 9.17) is 9.47 Å². The van der Waals surface area contributed by atoms with Gasteiger partial charge in [0.25, 0.3) is 0 Å². The van der Waals surface area contributed by atoms with Crippen LogP contribution in [0.1, 0.15) is 56.7 Å². The molecule has 4 aliphatic rings. The third-order valence-electron chi connectivity index (χ3n) is 6.65. The number of hydrogen-bond acceptors (Lipinski definition) is 4. The van der Waals surface area contributed by atoms with E-state index in [-0.39, 0.29) is 18.2 Å². The van der Waals surface area contributed by atoms with Crippen molar-refractivity contribution in [3.8, 4) is 0 Å².